The Balaban J connectivity index is 2.45. The first-order valence-electron chi connectivity index (χ1n) is 23.8. The summed E-state index contributed by atoms with van der Waals surface area (Å²) in [5.41, 5.74) is 0. The van der Waals surface area contributed by atoms with Gasteiger partial charge in [-0.25, -0.2) is 4.57 Å². The van der Waals surface area contributed by atoms with E-state index in [4.69, 9.17) is 18.5 Å². The summed E-state index contributed by atoms with van der Waals surface area (Å²) in [5, 5.41) is 50.2. The molecule has 1 rings (SSSR count). The van der Waals surface area contributed by atoms with E-state index < -0.39 is 75.7 Å². The summed E-state index contributed by atoms with van der Waals surface area (Å²) < 4.78 is 33.5. The molecule has 0 aromatic carbocycles. The zero-order chi connectivity index (χ0) is 46.4. The van der Waals surface area contributed by atoms with Gasteiger partial charge < -0.3 is 39.9 Å². The van der Waals surface area contributed by atoms with Crippen LogP contribution in [0.4, 0.5) is 0 Å². The third kappa shape index (κ3) is 31.0. The Morgan fingerprint density at radius 1 is 0.524 bits per heavy atom. The van der Waals surface area contributed by atoms with E-state index in [1.54, 1.807) is 0 Å². The van der Waals surface area contributed by atoms with Crippen molar-refractivity contribution in [3.63, 3.8) is 0 Å². The van der Waals surface area contributed by atoms with E-state index in [2.05, 4.69) is 50.3 Å². The van der Waals surface area contributed by atoms with Crippen LogP contribution in [0.2, 0.25) is 0 Å². The molecule has 0 aromatic heterocycles. The number of ether oxygens (including phenoxy) is 2. The monoisotopic (exact) mass is 911 g/mol. The number of carbonyl (C=O) groups excluding carboxylic acids is 2. The molecule has 1 aliphatic carbocycles. The van der Waals surface area contributed by atoms with Crippen molar-refractivity contribution in [2.45, 2.75) is 211 Å². The van der Waals surface area contributed by atoms with Crippen molar-refractivity contribution in [2.24, 2.45) is 0 Å². The van der Waals surface area contributed by atoms with Crippen LogP contribution >= 0.6 is 7.82 Å². The van der Waals surface area contributed by atoms with Crippen molar-refractivity contribution >= 4 is 19.8 Å². The number of unbranched alkanes of at least 4 members (excludes halogenated alkanes) is 17. The topological polar surface area (TPSA) is 210 Å². The van der Waals surface area contributed by atoms with Gasteiger partial charge in [0.1, 0.15) is 43.2 Å². The number of aliphatic hydroxyl groups excluding tert-OH is 5. The molecule has 13 nitrogen and oxygen atoms in total. The third-order valence-corrected chi connectivity index (χ3v) is 11.6. The summed E-state index contributed by atoms with van der Waals surface area (Å²) in [4.78, 5) is 35.7. The van der Waals surface area contributed by atoms with Gasteiger partial charge in [-0.2, -0.15) is 0 Å². The molecule has 8 atom stereocenters. The van der Waals surface area contributed by atoms with Gasteiger partial charge in [0.05, 0.1) is 6.61 Å². The molecule has 1 aliphatic rings. The number of phosphoric acid groups is 1. The maximum absolute atomic E-state index is 12.8. The van der Waals surface area contributed by atoms with Gasteiger partial charge in [-0.05, 0) is 64.2 Å². The molecule has 0 aliphatic heterocycles. The largest absolute Gasteiger partial charge is 0.472 e. The lowest BCUT2D eigenvalue weighted by molar-refractivity contribution is -0.220. The molecule has 0 bridgehead atoms. The molecule has 6 N–H and O–H groups in total. The first kappa shape index (κ1) is 58.3. The Labute approximate surface area is 378 Å². The van der Waals surface area contributed by atoms with Crippen LogP contribution in [0.1, 0.15) is 168 Å². The lowest BCUT2D eigenvalue weighted by Gasteiger charge is -2.41. The first-order valence-corrected chi connectivity index (χ1v) is 25.3. The van der Waals surface area contributed by atoms with Crippen molar-refractivity contribution in [3.8, 4) is 0 Å². The summed E-state index contributed by atoms with van der Waals surface area (Å²) in [7, 11) is -5.13. The van der Waals surface area contributed by atoms with E-state index in [1.807, 2.05) is 36.5 Å². The first-order chi connectivity index (χ1) is 30.4. The number of phosphoric ester groups is 1. The van der Waals surface area contributed by atoms with Crippen LogP contribution in [0, 0.1) is 0 Å². The Morgan fingerprint density at radius 3 is 1.51 bits per heavy atom. The van der Waals surface area contributed by atoms with Crippen LogP contribution < -0.4 is 0 Å². The Bertz CT molecular complexity index is 1380. The minimum atomic E-state index is -5.13. The summed E-state index contributed by atoms with van der Waals surface area (Å²) in [6, 6.07) is 0. The second-order valence-electron chi connectivity index (χ2n) is 16.3. The maximum atomic E-state index is 12.8. The second-order valence-corrected chi connectivity index (χ2v) is 17.7. The molecule has 1 fully saturated rings. The molecular formula is C49H83O13P. The van der Waals surface area contributed by atoms with Gasteiger partial charge in [-0.15, -0.1) is 0 Å². The lowest BCUT2D eigenvalue weighted by Crippen LogP contribution is -2.64. The molecule has 0 heterocycles. The van der Waals surface area contributed by atoms with E-state index in [0.717, 1.165) is 77.0 Å². The number of rotatable bonds is 38. The highest BCUT2D eigenvalue weighted by molar-refractivity contribution is 7.47. The fourth-order valence-corrected chi connectivity index (χ4v) is 7.77. The molecule has 0 spiro atoms. The predicted molar refractivity (Wildman–Crippen MR) is 249 cm³/mol. The minimum Gasteiger partial charge on any atom is -0.462 e. The van der Waals surface area contributed by atoms with E-state index >= 15 is 0 Å². The lowest BCUT2D eigenvalue weighted by atomic mass is 9.85. The summed E-state index contributed by atoms with van der Waals surface area (Å²) in [6.07, 6.45) is 35.2. The highest BCUT2D eigenvalue weighted by Crippen LogP contribution is 2.47. The molecule has 0 saturated heterocycles. The van der Waals surface area contributed by atoms with Crippen LogP contribution in [0.3, 0.4) is 0 Å². The third-order valence-electron chi connectivity index (χ3n) is 10.6. The maximum Gasteiger partial charge on any atom is 0.472 e. The number of carbonyl (C=O) groups is 2. The molecule has 0 aromatic rings. The van der Waals surface area contributed by atoms with E-state index in [9.17, 15) is 44.6 Å². The normalized spacial score (nSPS) is 22.3. The Hall–Kier alpha value is -2.71. The molecule has 63 heavy (non-hydrogen) atoms. The highest BCUT2D eigenvalue weighted by Gasteiger charge is 2.51. The van der Waals surface area contributed by atoms with Gasteiger partial charge in [0.25, 0.3) is 0 Å². The highest BCUT2D eigenvalue weighted by atomic mass is 31.2. The molecule has 14 heteroatoms. The van der Waals surface area contributed by atoms with Crippen molar-refractivity contribution < 1.29 is 63.1 Å². The van der Waals surface area contributed by atoms with Gasteiger partial charge in [-0.3, -0.25) is 18.6 Å². The van der Waals surface area contributed by atoms with Gasteiger partial charge in [0.2, 0.25) is 0 Å². The molecule has 362 valence electrons. The van der Waals surface area contributed by atoms with Gasteiger partial charge in [-0.1, -0.05) is 164 Å². The van der Waals surface area contributed by atoms with Crippen LogP contribution in [0.15, 0.2) is 72.9 Å². The number of hydrogen-bond donors (Lipinski definition) is 6. The van der Waals surface area contributed by atoms with Crippen molar-refractivity contribution in [1.29, 1.82) is 0 Å². The molecule has 0 amide bonds. The molecule has 0 radical (unpaired) electrons. The Kier molecular flexibility index (Phi) is 35.7. The molecule has 1 saturated carbocycles. The fraction of sp³-hybridized carbons (Fsp3) is 0.714. The minimum absolute atomic E-state index is 0.0661. The fourth-order valence-electron chi connectivity index (χ4n) is 6.80. The van der Waals surface area contributed by atoms with Crippen LogP contribution in [0.5, 0.6) is 0 Å². The summed E-state index contributed by atoms with van der Waals surface area (Å²) in [6.45, 7) is 3.11. The van der Waals surface area contributed by atoms with Crippen LogP contribution in [-0.2, 0) is 32.7 Å². The zero-order valence-electron chi connectivity index (χ0n) is 38.3. The van der Waals surface area contributed by atoms with Gasteiger partial charge >= 0.3 is 19.8 Å². The summed E-state index contributed by atoms with van der Waals surface area (Å²) in [5.74, 6) is -1.14. The predicted octanol–water partition coefficient (Wildman–Crippen LogP) is 9.50. The van der Waals surface area contributed by atoms with Gasteiger partial charge in [0, 0.05) is 12.8 Å². The van der Waals surface area contributed by atoms with E-state index in [0.29, 0.717) is 12.8 Å². The summed E-state index contributed by atoms with van der Waals surface area (Å²) >= 11 is 0. The average Bonchev–Trinajstić information content (AvgIpc) is 3.26. The SMILES string of the molecule is CC/C=C/C=C/C=C/C=C/CCCCCCCC(=O)O[C@@H](COC(=O)CCCCCCCCCCC/C=C/C/C=C/CCCCC)COP(=O)(O)OC1C(O)C(O)C(O)[C@H](O)C1O. The second kappa shape index (κ2) is 38.5. The molecular weight excluding hydrogens is 828 g/mol. The van der Waals surface area contributed by atoms with Crippen LogP contribution in [-0.4, -0.2) is 98.3 Å². The molecule has 6 unspecified atom stereocenters. The van der Waals surface area contributed by atoms with Crippen molar-refractivity contribution in [1.82, 2.24) is 0 Å². The van der Waals surface area contributed by atoms with Crippen LogP contribution in [0.25, 0.3) is 0 Å². The van der Waals surface area contributed by atoms with E-state index in [-0.39, 0.29) is 12.8 Å². The number of hydrogen-bond acceptors (Lipinski definition) is 12. The van der Waals surface area contributed by atoms with Crippen molar-refractivity contribution in [3.05, 3.63) is 72.9 Å². The van der Waals surface area contributed by atoms with E-state index in [1.165, 1.54) is 51.4 Å². The zero-order valence-corrected chi connectivity index (χ0v) is 39.2. The number of allylic oxidation sites excluding steroid dienone is 12. The number of aliphatic hydroxyl groups is 5. The van der Waals surface area contributed by atoms with Crippen molar-refractivity contribution in [2.75, 3.05) is 13.2 Å². The number of esters is 2. The van der Waals surface area contributed by atoms with Gasteiger partial charge in [0.15, 0.2) is 6.10 Å². The quantitative estimate of drug-likeness (QED) is 0.0112. The standard InChI is InChI=1S/C49H83O13P/c1-3-5-7-9-11-13-15-17-19-20-21-22-24-25-27-29-31-33-35-37-42(50)59-39-41(40-60-63(57,58)62-49-47(55)45(53)44(52)46(54)48(49)56)61-43(51)38-36-34-32-30-28-26-23-18-16-14-12-10-8-6-4-2/h6,8,10-14,16-19,23,41,44-49,52-56H,3-5,7,9,15,20-22,24-40H2,1-2H3,(H,57,58)/b8-6+,12-10+,13-11+,16-14+,19-17+,23-18+/t41-,44?,45-,46?,47?,48?,49?/m0/s1. The smallest absolute Gasteiger partial charge is 0.462 e. The average molecular weight is 911 g/mol. The Morgan fingerprint density at radius 2 is 0.968 bits per heavy atom.